The number of likely N-dealkylation sites (N-methyl/N-ethyl adjacent to an activating group) is 1. The van der Waals surface area contributed by atoms with Crippen molar-refractivity contribution < 1.29 is 27.1 Å². The van der Waals surface area contributed by atoms with Gasteiger partial charge in [-0.1, -0.05) is 12.1 Å². The number of ether oxygens (including phenoxy) is 1. The standard InChI is InChI=1S/C17H17FN2O5S/c1-19-16(21)11-25-17(22)10-12-2-6-14(7-3-12)20-26(23,24)15-8-4-13(18)5-9-15/h2-9,20H,10-11H2,1H3,(H,19,21). The lowest BCUT2D eigenvalue weighted by Crippen LogP contribution is -2.25. The number of carbonyl (C=O) groups is 2. The SMILES string of the molecule is CNC(=O)COC(=O)Cc1ccc(NS(=O)(=O)c2ccc(F)cc2)cc1. The van der Waals surface area contributed by atoms with Gasteiger partial charge in [0.05, 0.1) is 11.3 Å². The van der Waals surface area contributed by atoms with Gasteiger partial charge in [-0.2, -0.15) is 0 Å². The Labute approximate surface area is 150 Å². The monoisotopic (exact) mass is 380 g/mol. The number of nitrogens with one attached hydrogen (secondary N) is 2. The average Bonchev–Trinajstić information content (AvgIpc) is 2.61. The smallest absolute Gasteiger partial charge is 0.310 e. The van der Waals surface area contributed by atoms with E-state index < -0.39 is 27.7 Å². The lowest BCUT2D eigenvalue weighted by atomic mass is 10.1. The number of carbonyl (C=O) groups excluding carboxylic acids is 2. The number of esters is 1. The molecule has 0 aliphatic rings. The largest absolute Gasteiger partial charge is 0.455 e. The van der Waals surface area contributed by atoms with Crippen molar-refractivity contribution in [1.29, 1.82) is 0 Å². The number of anilines is 1. The van der Waals surface area contributed by atoms with Crippen LogP contribution in [-0.4, -0.2) is 33.9 Å². The summed E-state index contributed by atoms with van der Waals surface area (Å²) in [6.07, 6.45) is -0.0536. The van der Waals surface area contributed by atoms with Gasteiger partial charge in [0.25, 0.3) is 15.9 Å². The van der Waals surface area contributed by atoms with Crippen molar-refractivity contribution in [3.63, 3.8) is 0 Å². The molecule has 0 aliphatic heterocycles. The van der Waals surface area contributed by atoms with Crippen LogP contribution in [0, 0.1) is 5.82 Å². The zero-order chi connectivity index (χ0) is 19.2. The third kappa shape index (κ3) is 5.55. The van der Waals surface area contributed by atoms with Gasteiger partial charge in [-0.05, 0) is 42.0 Å². The van der Waals surface area contributed by atoms with Crippen molar-refractivity contribution in [1.82, 2.24) is 5.32 Å². The van der Waals surface area contributed by atoms with Crippen LogP contribution < -0.4 is 10.0 Å². The van der Waals surface area contributed by atoms with E-state index in [1.807, 2.05) is 0 Å². The third-order valence-electron chi connectivity index (χ3n) is 3.32. The van der Waals surface area contributed by atoms with Crippen LogP contribution in [0.5, 0.6) is 0 Å². The molecule has 138 valence electrons. The van der Waals surface area contributed by atoms with Gasteiger partial charge < -0.3 is 10.1 Å². The predicted octanol–water partition coefficient (Wildman–Crippen LogP) is 1.46. The van der Waals surface area contributed by atoms with Crippen molar-refractivity contribution in [3.8, 4) is 0 Å². The Morgan fingerprint density at radius 1 is 1.04 bits per heavy atom. The molecule has 0 atom stereocenters. The summed E-state index contributed by atoms with van der Waals surface area (Å²) in [6.45, 7) is -0.356. The summed E-state index contributed by atoms with van der Waals surface area (Å²) in [4.78, 5) is 22.6. The molecule has 2 rings (SSSR count). The number of hydrogen-bond donors (Lipinski definition) is 2. The van der Waals surface area contributed by atoms with Crippen molar-refractivity contribution in [2.75, 3.05) is 18.4 Å². The van der Waals surface area contributed by atoms with Crippen LogP contribution in [0.1, 0.15) is 5.56 Å². The van der Waals surface area contributed by atoms with E-state index in [0.29, 0.717) is 5.56 Å². The second-order valence-electron chi connectivity index (χ2n) is 5.27. The van der Waals surface area contributed by atoms with Crippen LogP contribution >= 0.6 is 0 Å². The summed E-state index contributed by atoms with van der Waals surface area (Å²) >= 11 is 0. The zero-order valence-electron chi connectivity index (χ0n) is 13.9. The Morgan fingerprint density at radius 2 is 1.65 bits per heavy atom. The van der Waals surface area contributed by atoms with Crippen LogP contribution in [0.3, 0.4) is 0 Å². The molecule has 0 saturated heterocycles. The molecule has 0 saturated carbocycles. The Bertz CT molecular complexity index is 880. The number of hydrogen-bond acceptors (Lipinski definition) is 5. The van der Waals surface area contributed by atoms with Crippen LogP contribution in [0.4, 0.5) is 10.1 Å². The van der Waals surface area contributed by atoms with Crippen molar-refractivity contribution in [2.24, 2.45) is 0 Å². The van der Waals surface area contributed by atoms with Crippen LogP contribution in [0.2, 0.25) is 0 Å². The third-order valence-corrected chi connectivity index (χ3v) is 4.72. The zero-order valence-corrected chi connectivity index (χ0v) is 14.7. The first-order chi connectivity index (χ1) is 12.3. The summed E-state index contributed by atoms with van der Waals surface area (Å²) in [5, 5.41) is 2.33. The maximum atomic E-state index is 12.9. The molecule has 2 aromatic carbocycles. The molecule has 9 heteroatoms. The Kier molecular flexibility index (Phi) is 6.29. The van der Waals surface area contributed by atoms with Gasteiger partial charge in [0.15, 0.2) is 6.61 Å². The van der Waals surface area contributed by atoms with Gasteiger partial charge in [0, 0.05) is 12.7 Å². The second-order valence-corrected chi connectivity index (χ2v) is 6.95. The molecule has 0 heterocycles. The molecule has 0 spiro atoms. The molecule has 0 bridgehead atoms. The highest BCUT2D eigenvalue weighted by molar-refractivity contribution is 7.92. The lowest BCUT2D eigenvalue weighted by molar-refractivity contribution is -0.147. The van der Waals surface area contributed by atoms with Gasteiger partial charge in [-0.15, -0.1) is 0 Å². The maximum absolute atomic E-state index is 12.9. The minimum atomic E-state index is -3.84. The molecular formula is C17H17FN2O5S. The number of benzene rings is 2. The van der Waals surface area contributed by atoms with Gasteiger partial charge in [-0.3, -0.25) is 14.3 Å². The summed E-state index contributed by atoms with van der Waals surface area (Å²) in [5.74, 6) is -1.52. The maximum Gasteiger partial charge on any atom is 0.310 e. The Hall–Kier alpha value is -2.94. The van der Waals surface area contributed by atoms with Crippen LogP contribution in [-0.2, 0) is 30.8 Å². The molecule has 1 amide bonds. The second kappa shape index (κ2) is 8.43. The van der Waals surface area contributed by atoms with Crippen molar-refractivity contribution >= 4 is 27.6 Å². The Morgan fingerprint density at radius 3 is 2.23 bits per heavy atom. The molecule has 2 N–H and O–H groups in total. The molecule has 26 heavy (non-hydrogen) atoms. The number of halogens is 1. The minimum absolute atomic E-state index is 0.0536. The average molecular weight is 380 g/mol. The summed E-state index contributed by atoms with van der Waals surface area (Å²) in [5.41, 5.74) is 0.883. The fraction of sp³-hybridized carbons (Fsp3) is 0.176. The van der Waals surface area contributed by atoms with Crippen LogP contribution in [0.25, 0.3) is 0 Å². The minimum Gasteiger partial charge on any atom is -0.455 e. The van der Waals surface area contributed by atoms with E-state index in [9.17, 15) is 22.4 Å². The highest BCUT2D eigenvalue weighted by atomic mass is 32.2. The number of sulfonamides is 1. The topological polar surface area (TPSA) is 102 Å². The lowest BCUT2D eigenvalue weighted by Gasteiger charge is -2.09. The predicted molar refractivity (Wildman–Crippen MR) is 92.4 cm³/mol. The fourth-order valence-corrected chi connectivity index (χ4v) is 3.01. The van der Waals surface area contributed by atoms with Gasteiger partial charge in [0.2, 0.25) is 0 Å². The highest BCUT2D eigenvalue weighted by Gasteiger charge is 2.14. The normalized spacial score (nSPS) is 10.8. The molecule has 7 nitrogen and oxygen atoms in total. The van der Waals surface area contributed by atoms with E-state index in [4.69, 9.17) is 4.74 Å². The van der Waals surface area contributed by atoms with E-state index >= 15 is 0 Å². The summed E-state index contributed by atoms with van der Waals surface area (Å²) in [6, 6.07) is 10.5. The molecular weight excluding hydrogens is 363 g/mol. The molecule has 0 aromatic heterocycles. The number of rotatable bonds is 7. The van der Waals surface area contributed by atoms with Crippen molar-refractivity contribution in [3.05, 3.63) is 59.9 Å². The summed E-state index contributed by atoms with van der Waals surface area (Å²) in [7, 11) is -2.41. The fourth-order valence-electron chi connectivity index (χ4n) is 1.95. The number of amides is 1. The first kappa shape index (κ1) is 19.4. The molecule has 0 unspecified atom stereocenters. The van der Waals surface area contributed by atoms with Gasteiger partial charge in [0.1, 0.15) is 5.82 Å². The van der Waals surface area contributed by atoms with E-state index in [-0.39, 0.29) is 23.6 Å². The van der Waals surface area contributed by atoms with Gasteiger partial charge >= 0.3 is 5.97 Å². The van der Waals surface area contributed by atoms with Crippen molar-refractivity contribution in [2.45, 2.75) is 11.3 Å². The molecule has 0 radical (unpaired) electrons. The van der Waals surface area contributed by atoms with E-state index in [1.165, 1.54) is 19.2 Å². The molecule has 0 aliphatic carbocycles. The van der Waals surface area contributed by atoms with E-state index in [1.54, 1.807) is 12.1 Å². The first-order valence-electron chi connectivity index (χ1n) is 7.54. The Balaban J connectivity index is 1.97. The quantitative estimate of drug-likeness (QED) is 0.708. The van der Waals surface area contributed by atoms with E-state index in [0.717, 1.165) is 24.3 Å². The van der Waals surface area contributed by atoms with E-state index in [2.05, 4.69) is 10.0 Å². The highest BCUT2D eigenvalue weighted by Crippen LogP contribution is 2.17. The first-order valence-corrected chi connectivity index (χ1v) is 9.02. The van der Waals surface area contributed by atoms with Crippen LogP contribution in [0.15, 0.2) is 53.4 Å². The molecule has 0 fully saturated rings. The van der Waals surface area contributed by atoms with Gasteiger partial charge in [-0.25, -0.2) is 12.8 Å². The molecule has 2 aromatic rings. The summed E-state index contributed by atoms with van der Waals surface area (Å²) < 4.78 is 44.5.